The Balaban J connectivity index is 1.63. The van der Waals surface area contributed by atoms with Gasteiger partial charge in [0.15, 0.2) is 5.03 Å². The number of hydrogen-bond acceptors (Lipinski definition) is 4. The standard InChI is InChI=1S/C12H20N4O2S/c17-19(18,15-6-9-2-1-3-9)12-10(8-14-16-12)7-13-11-4-5-11/h8-9,11,13,15H,1-7H2,(H,14,16). The molecule has 0 aliphatic heterocycles. The van der Waals surface area contributed by atoms with Crippen molar-refractivity contribution >= 4 is 10.0 Å². The van der Waals surface area contributed by atoms with Crippen LogP contribution in [0.15, 0.2) is 11.2 Å². The molecule has 2 fully saturated rings. The molecular formula is C12H20N4O2S. The van der Waals surface area contributed by atoms with Gasteiger partial charge in [-0.25, -0.2) is 13.1 Å². The number of hydrogen-bond donors (Lipinski definition) is 3. The smallest absolute Gasteiger partial charge is 0.257 e. The van der Waals surface area contributed by atoms with Gasteiger partial charge in [-0.05, 0) is 31.6 Å². The minimum atomic E-state index is -3.45. The van der Waals surface area contributed by atoms with Gasteiger partial charge in [0, 0.05) is 24.7 Å². The van der Waals surface area contributed by atoms with Gasteiger partial charge in [0.1, 0.15) is 0 Å². The van der Waals surface area contributed by atoms with Crippen molar-refractivity contribution in [3.8, 4) is 0 Å². The molecule has 0 bridgehead atoms. The number of aromatic nitrogens is 2. The largest absolute Gasteiger partial charge is 0.310 e. The van der Waals surface area contributed by atoms with Gasteiger partial charge in [0.25, 0.3) is 10.0 Å². The Labute approximate surface area is 113 Å². The van der Waals surface area contributed by atoms with E-state index in [1.54, 1.807) is 6.20 Å². The fraction of sp³-hybridized carbons (Fsp3) is 0.750. The highest BCUT2D eigenvalue weighted by atomic mass is 32.2. The van der Waals surface area contributed by atoms with E-state index in [-0.39, 0.29) is 5.03 Å². The molecule has 0 spiro atoms. The zero-order chi connectivity index (χ0) is 13.3. The second-order valence-electron chi connectivity index (χ2n) is 5.53. The van der Waals surface area contributed by atoms with Crippen LogP contribution in [0, 0.1) is 5.92 Å². The maximum Gasteiger partial charge on any atom is 0.257 e. The monoisotopic (exact) mass is 284 g/mol. The molecule has 1 aromatic rings. The second-order valence-corrected chi connectivity index (χ2v) is 7.23. The number of aromatic amines is 1. The van der Waals surface area contributed by atoms with E-state index in [9.17, 15) is 8.42 Å². The van der Waals surface area contributed by atoms with Crippen molar-refractivity contribution in [3.63, 3.8) is 0 Å². The Morgan fingerprint density at radius 3 is 2.74 bits per heavy atom. The Morgan fingerprint density at radius 1 is 1.32 bits per heavy atom. The van der Waals surface area contributed by atoms with Crippen molar-refractivity contribution < 1.29 is 8.42 Å². The van der Waals surface area contributed by atoms with Crippen molar-refractivity contribution in [1.82, 2.24) is 20.2 Å². The van der Waals surface area contributed by atoms with Gasteiger partial charge in [-0.15, -0.1) is 0 Å². The minimum absolute atomic E-state index is 0.208. The lowest BCUT2D eigenvalue weighted by Gasteiger charge is -2.25. The van der Waals surface area contributed by atoms with Gasteiger partial charge in [0.2, 0.25) is 0 Å². The number of rotatable bonds is 7. The zero-order valence-corrected chi connectivity index (χ0v) is 11.7. The van der Waals surface area contributed by atoms with Crippen LogP contribution < -0.4 is 10.0 Å². The topological polar surface area (TPSA) is 86.9 Å². The van der Waals surface area contributed by atoms with Crippen LogP contribution in [-0.2, 0) is 16.6 Å². The third-order valence-electron chi connectivity index (χ3n) is 3.89. The van der Waals surface area contributed by atoms with Gasteiger partial charge in [-0.1, -0.05) is 6.42 Å². The molecule has 3 rings (SSSR count). The third kappa shape index (κ3) is 3.16. The van der Waals surface area contributed by atoms with E-state index >= 15 is 0 Å². The van der Waals surface area contributed by atoms with E-state index in [1.807, 2.05) is 0 Å². The van der Waals surface area contributed by atoms with Gasteiger partial charge < -0.3 is 5.32 Å². The molecule has 19 heavy (non-hydrogen) atoms. The summed E-state index contributed by atoms with van der Waals surface area (Å²) < 4.78 is 27.1. The highest BCUT2D eigenvalue weighted by Crippen LogP contribution is 2.26. The molecule has 3 N–H and O–H groups in total. The van der Waals surface area contributed by atoms with Crippen LogP contribution in [0.2, 0.25) is 0 Å². The van der Waals surface area contributed by atoms with Crippen LogP contribution >= 0.6 is 0 Å². The Morgan fingerprint density at radius 2 is 2.11 bits per heavy atom. The first-order chi connectivity index (χ1) is 9.15. The molecule has 1 heterocycles. The number of H-pyrrole nitrogens is 1. The Hall–Kier alpha value is -0.920. The molecule has 0 atom stereocenters. The quantitative estimate of drug-likeness (QED) is 0.689. The summed E-state index contributed by atoms with van der Waals surface area (Å²) in [5.74, 6) is 0.505. The molecule has 0 unspecified atom stereocenters. The van der Waals surface area contributed by atoms with Crippen molar-refractivity contribution in [1.29, 1.82) is 0 Å². The van der Waals surface area contributed by atoms with Crippen molar-refractivity contribution in [2.45, 2.75) is 49.7 Å². The first-order valence-corrected chi connectivity index (χ1v) is 8.39. The fourth-order valence-corrected chi connectivity index (χ4v) is 3.44. The molecule has 0 saturated heterocycles. The lowest BCUT2D eigenvalue weighted by Crippen LogP contribution is -2.33. The number of nitrogens with one attached hydrogen (secondary N) is 3. The maximum atomic E-state index is 12.2. The summed E-state index contributed by atoms with van der Waals surface area (Å²) in [6, 6.07) is 0.549. The third-order valence-corrected chi connectivity index (χ3v) is 5.33. The van der Waals surface area contributed by atoms with E-state index in [1.165, 1.54) is 19.3 Å². The predicted octanol–water partition coefficient (Wildman–Crippen LogP) is 0.740. The molecule has 7 heteroatoms. The molecule has 106 valence electrons. The van der Waals surface area contributed by atoms with Crippen molar-refractivity contribution in [3.05, 3.63) is 11.8 Å². The van der Waals surface area contributed by atoms with E-state index in [4.69, 9.17) is 0 Å². The van der Waals surface area contributed by atoms with E-state index in [0.717, 1.165) is 12.8 Å². The highest BCUT2D eigenvalue weighted by molar-refractivity contribution is 7.89. The molecule has 1 aromatic heterocycles. The molecule has 0 radical (unpaired) electrons. The van der Waals surface area contributed by atoms with E-state index in [2.05, 4.69) is 20.2 Å². The van der Waals surface area contributed by atoms with Crippen molar-refractivity contribution in [2.24, 2.45) is 5.92 Å². The average molecular weight is 284 g/mol. The lowest BCUT2D eigenvalue weighted by molar-refractivity contribution is 0.316. The molecule has 2 aliphatic rings. The first-order valence-electron chi connectivity index (χ1n) is 6.90. The van der Waals surface area contributed by atoms with Crippen LogP contribution in [0.3, 0.4) is 0 Å². The Bertz CT molecular complexity index is 532. The Kier molecular flexibility index (Phi) is 3.60. The van der Waals surface area contributed by atoms with E-state index < -0.39 is 10.0 Å². The zero-order valence-electron chi connectivity index (χ0n) is 10.9. The normalized spacial score (nSPS) is 20.4. The summed E-state index contributed by atoms with van der Waals surface area (Å²) in [7, 11) is -3.45. The predicted molar refractivity (Wildman–Crippen MR) is 71.0 cm³/mol. The summed E-state index contributed by atoms with van der Waals surface area (Å²) in [5, 5.41) is 9.99. The van der Waals surface area contributed by atoms with Gasteiger partial charge >= 0.3 is 0 Å². The number of sulfonamides is 1. The second kappa shape index (κ2) is 5.22. The maximum absolute atomic E-state index is 12.2. The number of nitrogens with zero attached hydrogens (tertiary/aromatic N) is 1. The van der Waals surface area contributed by atoms with Crippen LogP contribution in [0.5, 0.6) is 0 Å². The van der Waals surface area contributed by atoms with Crippen LogP contribution in [0.1, 0.15) is 37.7 Å². The summed E-state index contributed by atoms with van der Waals surface area (Å²) in [6.07, 6.45) is 7.42. The van der Waals surface area contributed by atoms with Gasteiger partial charge in [-0.2, -0.15) is 5.10 Å². The summed E-state index contributed by atoms with van der Waals surface area (Å²) in [4.78, 5) is 0. The molecule has 6 nitrogen and oxygen atoms in total. The SMILES string of the molecule is O=S(=O)(NCC1CCC1)c1[nH]ncc1CNC1CC1. The van der Waals surface area contributed by atoms with Crippen LogP contribution in [-0.4, -0.2) is 31.2 Å². The lowest BCUT2D eigenvalue weighted by atomic mass is 9.86. The molecular weight excluding hydrogens is 264 g/mol. The van der Waals surface area contributed by atoms with Crippen molar-refractivity contribution in [2.75, 3.05) is 6.54 Å². The summed E-state index contributed by atoms with van der Waals surface area (Å²) in [6.45, 7) is 1.09. The van der Waals surface area contributed by atoms with Gasteiger partial charge in [0.05, 0.1) is 6.20 Å². The highest BCUT2D eigenvalue weighted by Gasteiger charge is 2.26. The van der Waals surface area contributed by atoms with E-state index in [0.29, 0.717) is 30.6 Å². The van der Waals surface area contributed by atoms with Gasteiger partial charge in [-0.3, -0.25) is 5.10 Å². The molecule has 2 aliphatic carbocycles. The molecule has 0 amide bonds. The average Bonchev–Trinajstić information content (AvgIpc) is 3.00. The summed E-state index contributed by atoms with van der Waals surface area (Å²) >= 11 is 0. The summed E-state index contributed by atoms with van der Waals surface area (Å²) in [5.41, 5.74) is 0.716. The minimum Gasteiger partial charge on any atom is -0.310 e. The van der Waals surface area contributed by atoms with Crippen LogP contribution in [0.25, 0.3) is 0 Å². The molecule has 0 aromatic carbocycles. The molecule has 2 saturated carbocycles. The van der Waals surface area contributed by atoms with Crippen LogP contribution in [0.4, 0.5) is 0 Å². The fourth-order valence-electron chi connectivity index (χ4n) is 2.20. The first kappa shape index (κ1) is 13.1.